The second kappa shape index (κ2) is 4.78. The number of hydrogen-bond donors (Lipinski definition) is 1. The number of alkyl halides is 2. The van der Waals surface area contributed by atoms with Crippen molar-refractivity contribution in [1.82, 2.24) is 9.78 Å². The zero-order valence-electron chi connectivity index (χ0n) is 10.6. The number of rotatable bonds is 3. The normalized spacial score (nSPS) is 20.6. The third-order valence-electron chi connectivity index (χ3n) is 3.69. The maximum Gasteiger partial charge on any atom is 0.325 e. The minimum atomic E-state index is -2.74. The summed E-state index contributed by atoms with van der Waals surface area (Å²) < 4.78 is 38.4. The Bertz CT molecular complexity index is 538. The fourth-order valence-electron chi connectivity index (χ4n) is 2.87. The van der Waals surface area contributed by atoms with Crippen molar-refractivity contribution in [2.75, 3.05) is 13.2 Å². The van der Waals surface area contributed by atoms with Crippen LogP contribution in [0.25, 0.3) is 0 Å². The molecule has 6 nitrogen and oxygen atoms in total. The lowest BCUT2D eigenvalue weighted by molar-refractivity contribution is -0.164. The van der Waals surface area contributed by atoms with E-state index in [0.717, 1.165) is 4.68 Å². The number of fused-ring (bicyclic) bond motifs is 1. The van der Waals surface area contributed by atoms with E-state index in [1.54, 1.807) is 0 Å². The fraction of sp³-hybridized carbons (Fsp3) is 0.667. The molecule has 0 radical (unpaired) electrons. The SMILES string of the molecule is O=C(O)Cn1nc(C(F)F)c2c1CCC1(C2)OCCO1. The van der Waals surface area contributed by atoms with Gasteiger partial charge < -0.3 is 14.6 Å². The van der Waals surface area contributed by atoms with Gasteiger partial charge in [-0.25, -0.2) is 8.78 Å². The molecule has 0 bridgehead atoms. The number of aromatic nitrogens is 2. The van der Waals surface area contributed by atoms with Gasteiger partial charge in [0.1, 0.15) is 12.2 Å². The zero-order chi connectivity index (χ0) is 14.3. The molecular formula is C12H14F2N2O4. The highest BCUT2D eigenvalue weighted by atomic mass is 19.3. The Morgan fingerprint density at radius 3 is 2.75 bits per heavy atom. The number of carboxylic acid groups (broad SMARTS) is 1. The molecule has 1 aromatic heterocycles. The number of nitrogens with zero attached hydrogens (tertiary/aromatic N) is 2. The molecule has 1 N–H and O–H groups in total. The third-order valence-corrected chi connectivity index (χ3v) is 3.69. The first-order valence-corrected chi connectivity index (χ1v) is 6.37. The first-order valence-electron chi connectivity index (χ1n) is 6.37. The number of ether oxygens (including phenoxy) is 2. The lowest BCUT2D eigenvalue weighted by atomic mass is 9.90. The van der Waals surface area contributed by atoms with E-state index in [9.17, 15) is 13.6 Å². The van der Waals surface area contributed by atoms with Gasteiger partial charge in [0.15, 0.2) is 5.79 Å². The molecule has 0 aromatic carbocycles. The van der Waals surface area contributed by atoms with Gasteiger partial charge in [0.2, 0.25) is 0 Å². The fourth-order valence-corrected chi connectivity index (χ4v) is 2.87. The van der Waals surface area contributed by atoms with E-state index in [2.05, 4.69) is 5.10 Å². The average Bonchev–Trinajstić information content (AvgIpc) is 2.95. The van der Waals surface area contributed by atoms with Crippen LogP contribution >= 0.6 is 0 Å². The van der Waals surface area contributed by atoms with Crippen LogP contribution in [0.2, 0.25) is 0 Å². The van der Waals surface area contributed by atoms with E-state index in [-0.39, 0.29) is 12.1 Å². The van der Waals surface area contributed by atoms with E-state index in [1.807, 2.05) is 0 Å². The van der Waals surface area contributed by atoms with Gasteiger partial charge in [-0.15, -0.1) is 0 Å². The van der Waals surface area contributed by atoms with Gasteiger partial charge in [-0.05, 0) is 6.42 Å². The third kappa shape index (κ3) is 2.18. The molecular weight excluding hydrogens is 274 g/mol. The van der Waals surface area contributed by atoms with Crippen molar-refractivity contribution < 1.29 is 28.2 Å². The molecule has 1 saturated heterocycles. The van der Waals surface area contributed by atoms with Crippen LogP contribution in [0, 0.1) is 0 Å². The standard InChI is InChI=1S/C12H14F2N2O4/c13-11(14)10-7-5-12(19-3-4-20-12)2-1-8(7)16(15-10)6-9(17)18/h11H,1-6H2,(H,17,18). The highest BCUT2D eigenvalue weighted by molar-refractivity contribution is 5.66. The van der Waals surface area contributed by atoms with Gasteiger partial charge in [0.25, 0.3) is 6.43 Å². The molecule has 1 aliphatic carbocycles. The summed E-state index contributed by atoms with van der Waals surface area (Å²) in [4.78, 5) is 10.8. The van der Waals surface area contributed by atoms with Crippen LogP contribution in [0.4, 0.5) is 8.78 Å². The first-order chi connectivity index (χ1) is 9.51. The highest BCUT2D eigenvalue weighted by Gasteiger charge is 2.43. The van der Waals surface area contributed by atoms with Crippen LogP contribution in [0.15, 0.2) is 0 Å². The van der Waals surface area contributed by atoms with E-state index < -0.39 is 24.7 Å². The molecule has 110 valence electrons. The number of halogens is 2. The summed E-state index contributed by atoms with van der Waals surface area (Å²) >= 11 is 0. The van der Waals surface area contributed by atoms with E-state index >= 15 is 0 Å². The van der Waals surface area contributed by atoms with Gasteiger partial charge in [0, 0.05) is 24.1 Å². The molecule has 20 heavy (non-hydrogen) atoms. The van der Waals surface area contributed by atoms with Crippen molar-refractivity contribution in [2.24, 2.45) is 0 Å². The molecule has 1 aromatic rings. The van der Waals surface area contributed by atoms with Gasteiger partial charge in [0.05, 0.1) is 13.2 Å². The smallest absolute Gasteiger partial charge is 0.325 e. The topological polar surface area (TPSA) is 73.6 Å². The lowest BCUT2D eigenvalue weighted by Gasteiger charge is -2.31. The zero-order valence-corrected chi connectivity index (χ0v) is 10.6. The van der Waals surface area contributed by atoms with Crippen molar-refractivity contribution in [1.29, 1.82) is 0 Å². The van der Waals surface area contributed by atoms with Crippen LogP contribution in [-0.2, 0) is 33.7 Å². The van der Waals surface area contributed by atoms with Crippen molar-refractivity contribution in [3.8, 4) is 0 Å². The molecule has 8 heteroatoms. The quantitative estimate of drug-likeness (QED) is 0.902. The van der Waals surface area contributed by atoms with Crippen molar-refractivity contribution >= 4 is 5.97 Å². The van der Waals surface area contributed by atoms with Crippen molar-refractivity contribution in [2.45, 2.75) is 38.0 Å². The largest absolute Gasteiger partial charge is 0.480 e. The summed E-state index contributed by atoms with van der Waals surface area (Å²) in [6.45, 7) is 0.481. The summed E-state index contributed by atoms with van der Waals surface area (Å²) in [7, 11) is 0. The average molecular weight is 288 g/mol. The van der Waals surface area contributed by atoms with Gasteiger partial charge in [-0.2, -0.15) is 5.10 Å². The van der Waals surface area contributed by atoms with Crippen LogP contribution in [0.3, 0.4) is 0 Å². The van der Waals surface area contributed by atoms with Crippen LogP contribution in [-0.4, -0.2) is 39.9 Å². The number of carboxylic acids is 1. The van der Waals surface area contributed by atoms with Crippen LogP contribution in [0.5, 0.6) is 0 Å². The molecule has 2 heterocycles. The van der Waals surface area contributed by atoms with Gasteiger partial charge in [-0.3, -0.25) is 9.48 Å². The Kier molecular flexibility index (Phi) is 3.21. The first kappa shape index (κ1) is 13.4. The molecule has 2 aliphatic rings. The predicted molar refractivity (Wildman–Crippen MR) is 61.5 cm³/mol. The summed E-state index contributed by atoms with van der Waals surface area (Å²) in [5, 5.41) is 12.6. The Morgan fingerprint density at radius 2 is 2.15 bits per heavy atom. The molecule has 0 saturated carbocycles. The minimum Gasteiger partial charge on any atom is -0.480 e. The maximum absolute atomic E-state index is 13.1. The maximum atomic E-state index is 13.1. The predicted octanol–water partition coefficient (Wildman–Crippen LogP) is 1.14. The molecule has 1 spiro atoms. The second-order valence-electron chi connectivity index (χ2n) is 4.95. The summed E-state index contributed by atoms with van der Waals surface area (Å²) in [6, 6.07) is 0. The highest BCUT2D eigenvalue weighted by Crippen LogP contribution is 2.38. The molecule has 1 fully saturated rings. The summed E-state index contributed by atoms with van der Waals surface area (Å²) in [5.41, 5.74) is 0.557. The Morgan fingerprint density at radius 1 is 1.45 bits per heavy atom. The molecule has 3 rings (SSSR count). The van der Waals surface area contributed by atoms with E-state index in [1.165, 1.54) is 0 Å². The van der Waals surface area contributed by atoms with E-state index in [0.29, 0.717) is 37.3 Å². The second-order valence-corrected chi connectivity index (χ2v) is 4.95. The summed E-state index contributed by atoms with van der Waals surface area (Å²) in [6.07, 6.45) is -1.60. The van der Waals surface area contributed by atoms with Gasteiger partial charge in [-0.1, -0.05) is 0 Å². The molecule has 0 atom stereocenters. The van der Waals surface area contributed by atoms with Crippen molar-refractivity contribution in [3.63, 3.8) is 0 Å². The van der Waals surface area contributed by atoms with Crippen LogP contribution in [0.1, 0.15) is 29.8 Å². The Hall–Kier alpha value is -1.54. The number of hydrogen-bond acceptors (Lipinski definition) is 4. The summed E-state index contributed by atoms with van der Waals surface area (Å²) in [5.74, 6) is -1.95. The lowest BCUT2D eigenvalue weighted by Crippen LogP contribution is -2.37. The van der Waals surface area contributed by atoms with Crippen molar-refractivity contribution in [3.05, 3.63) is 17.0 Å². The number of carbonyl (C=O) groups is 1. The Balaban J connectivity index is 1.98. The van der Waals surface area contributed by atoms with E-state index in [4.69, 9.17) is 14.6 Å². The monoisotopic (exact) mass is 288 g/mol. The van der Waals surface area contributed by atoms with Crippen LogP contribution < -0.4 is 0 Å². The van der Waals surface area contributed by atoms with Gasteiger partial charge >= 0.3 is 5.97 Å². The molecule has 0 unspecified atom stereocenters. The minimum absolute atomic E-state index is 0.196. The molecule has 1 aliphatic heterocycles. The Labute approximate surface area is 113 Å². The molecule has 0 amide bonds. The number of aliphatic carboxylic acids is 1.